The van der Waals surface area contributed by atoms with Crippen LogP contribution >= 0.6 is 0 Å². The summed E-state index contributed by atoms with van der Waals surface area (Å²) in [5.74, 6) is 0.0854. The molecule has 0 bridgehead atoms. The molecule has 5 unspecified atom stereocenters. The first-order valence-electron chi connectivity index (χ1n) is 8.44. The maximum absolute atomic E-state index is 12.6. The quantitative estimate of drug-likeness (QED) is 0.818. The van der Waals surface area contributed by atoms with Crippen molar-refractivity contribution >= 4 is 11.8 Å². The van der Waals surface area contributed by atoms with Crippen LogP contribution in [0.3, 0.4) is 0 Å². The zero-order valence-electron chi connectivity index (χ0n) is 13.2. The summed E-state index contributed by atoms with van der Waals surface area (Å²) < 4.78 is 11.0. The summed E-state index contributed by atoms with van der Waals surface area (Å²) in [6, 6.07) is 0.126. The highest BCUT2D eigenvalue weighted by molar-refractivity contribution is 5.79. The second-order valence-electron chi connectivity index (χ2n) is 6.74. The van der Waals surface area contributed by atoms with E-state index in [2.05, 4.69) is 10.6 Å². The van der Waals surface area contributed by atoms with Gasteiger partial charge in [-0.25, -0.2) is 0 Å². The molecule has 0 aromatic heterocycles. The van der Waals surface area contributed by atoms with E-state index in [0.29, 0.717) is 6.79 Å². The van der Waals surface area contributed by atoms with E-state index in [1.54, 1.807) is 0 Å². The van der Waals surface area contributed by atoms with Crippen molar-refractivity contribution < 1.29 is 19.1 Å². The van der Waals surface area contributed by atoms with Gasteiger partial charge in [-0.3, -0.25) is 9.59 Å². The number of carbonyl (C=O) groups excluding carboxylic acids is 2. The topological polar surface area (TPSA) is 76.7 Å². The first-order valence-corrected chi connectivity index (χ1v) is 8.44. The van der Waals surface area contributed by atoms with Gasteiger partial charge in [0, 0.05) is 24.9 Å². The fourth-order valence-corrected chi connectivity index (χ4v) is 3.96. The van der Waals surface area contributed by atoms with Crippen LogP contribution in [-0.4, -0.2) is 42.9 Å². The molecule has 2 amide bonds. The Morgan fingerprint density at radius 3 is 2.32 bits per heavy atom. The molecule has 2 aliphatic carbocycles. The van der Waals surface area contributed by atoms with Gasteiger partial charge in [0.1, 0.15) is 6.79 Å². The molecule has 0 aromatic carbocycles. The number of ether oxygens (including phenoxy) is 2. The van der Waals surface area contributed by atoms with Crippen molar-refractivity contribution in [2.24, 2.45) is 5.92 Å². The van der Waals surface area contributed by atoms with Gasteiger partial charge in [-0.2, -0.15) is 0 Å². The summed E-state index contributed by atoms with van der Waals surface area (Å²) in [4.78, 5) is 23.9. The van der Waals surface area contributed by atoms with Gasteiger partial charge in [0.15, 0.2) is 0 Å². The Bertz CT molecular complexity index is 428. The molecule has 6 nitrogen and oxygen atoms in total. The lowest BCUT2D eigenvalue weighted by molar-refractivity contribution is -0.129. The zero-order chi connectivity index (χ0) is 15.5. The van der Waals surface area contributed by atoms with Crippen LogP contribution in [0.4, 0.5) is 0 Å². The van der Waals surface area contributed by atoms with Gasteiger partial charge in [0.25, 0.3) is 0 Å². The summed E-state index contributed by atoms with van der Waals surface area (Å²) in [5, 5.41) is 6.15. The molecule has 3 fully saturated rings. The van der Waals surface area contributed by atoms with Crippen LogP contribution in [0.1, 0.15) is 51.9 Å². The number of fused-ring (bicyclic) bond motifs is 1. The van der Waals surface area contributed by atoms with Crippen LogP contribution in [0.15, 0.2) is 0 Å². The molecule has 5 atom stereocenters. The fourth-order valence-electron chi connectivity index (χ4n) is 3.96. The van der Waals surface area contributed by atoms with E-state index < -0.39 is 0 Å². The summed E-state index contributed by atoms with van der Waals surface area (Å²) in [5.41, 5.74) is 0. The number of hydrogen-bond acceptors (Lipinski definition) is 4. The van der Waals surface area contributed by atoms with E-state index in [1.165, 1.54) is 6.92 Å². The van der Waals surface area contributed by atoms with Crippen LogP contribution in [0.5, 0.6) is 0 Å². The number of amides is 2. The molecule has 0 aromatic rings. The fraction of sp³-hybridized carbons (Fsp3) is 0.875. The standard InChI is InChI=1S/C16H26N2O4/c1-10(19)17-12-4-2-3-5-13(12)18-16(20)11-6-7-14-15(8-11)22-9-21-14/h11-15H,2-9H2,1H3,(H,17,19)(H,18,20). The predicted octanol–water partition coefficient (Wildman–Crippen LogP) is 1.09. The maximum atomic E-state index is 12.6. The SMILES string of the molecule is CC(=O)NC1CCCCC1NC(=O)C1CCC2OCOC2C1. The summed E-state index contributed by atoms with van der Waals surface area (Å²) in [6.45, 7) is 1.89. The Balaban J connectivity index is 1.54. The summed E-state index contributed by atoms with van der Waals surface area (Å²) in [6.07, 6.45) is 6.83. The second kappa shape index (κ2) is 6.96. The first kappa shape index (κ1) is 15.7. The van der Waals surface area contributed by atoms with Crippen LogP contribution in [-0.2, 0) is 19.1 Å². The lowest BCUT2D eigenvalue weighted by atomic mass is 9.84. The number of nitrogens with one attached hydrogen (secondary N) is 2. The van der Waals surface area contributed by atoms with E-state index in [1.807, 2.05) is 0 Å². The average molecular weight is 310 g/mol. The van der Waals surface area contributed by atoms with Gasteiger partial charge in [0.2, 0.25) is 11.8 Å². The molecule has 2 saturated carbocycles. The van der Waals surface area contributed by atoms with Crippen LogP contribution in [0.2, 0.25) is 0 Å². The monoisotopic (exact) mass is 310 g/mol. The van der Waals surface area contributed by atoms with Gasteiger partial charge >= 0.3 is 0 Å². The molecule has 124 valence electrons. The largest absolute Gasteiger partial charge is 0.352 e. The molecular formula is C16H26N2O4. The van der Waals surface area contributed by atoms with Crippen molar-refractivity contribution in [3.05, 3.63) is 0 Å². The predicted molar refractivity (Wildman–Crippen MR) is 80.0 cm³/mol. The Labute approximate surface area is 131 Å². The van der Waals surface area contributed by atoms with Crippen LogP contribution < -0.4 is 10.6 Å². The van der Waals surface area contributed by atoms with Gasteiger partial charge in [-0.05, 0) is 32.1 Å². The molecule has 0 radical (unpaired) electrons. The third kappa shape index (κ3) is 3.60. The summed E-state index contributed by atoms with van der Waals surface area (Å²) >= 11 is 0. The van der Waals surface area contributed by atoms with Crippen molar-refractivity contribution in [2.45, 2.75) is 76.2 Å². The van der Waals surface area contributed by atoms with E-state index in [0.717, 1.165) is 44.9 Å². The van der Waals surface area contributed by atoms with Crippen molar-refractivity contribution in [3.63, 3.8) is 0 Å². The highest BCUT2D eigenvalue weighted by atomic mass is 16.7. The minimum Gasteiger partial charge on any atom is -0.352 e. The minimum atomic E-state index is -0.0249. The Hall–Kier alpha value is -1.14. The lowest BCUT2D eigenvalue weighted by Gasteiger charge is -2.35. The Morgan fingerprint density at radius 1 is 0.909 bits per heavy atom. The van der Waals surface area contributed by atoms with Gasteiger partial charge < -0.3 is 20.1 Å². The normalized spacial score (nSPS) is 38.1. The molecule has 22 heavy (non-hydrogen) atoms. The molecule has 3 rings (SSSR count). The average Bonchev–Trinajstić information content (AvgIpc) is 2.96. The van der Waals surface area contributed by atoms with Crippen LogP contribution in [0.25, 0.3) is 0 Å². The third-order valence-electron chi connectivity index (χ3n) is 5.15. The maximum Gasteiger partial charge on any atom is 0.223 e. The third-order valence-corrected chi connectivity index (χ3v) is 5.15. The van der Waals surface area contributed by atoms with Crippen molar-refractivity contribution in [3.8, 4) is 0 Å². The lowest BCUT2D eigenvalue weighted by Crippen LogP contribution is -2.54. The molecule has 1 heterocycles. The summed E-state index contributed by atoms with van der Waals surface area (Å²) in [7, 11) is 0. The van der Waals surface area contributed by atoms with Gasteiger partial charge in [0.05, 0.1) is 12.2 Å². The zero-order valence-corrected chi connectivity index (χ0v) is 13.2. The minimum absolute atomic E-state index is 0.00264. The second-order valence-corrected chi connectivity index (χ2v) is 6.74. The van der Waals surface area contributed by atoms with Gasteiger partial charge in [-0.15, -0.1) is 0 Å². The van der Waals surface area contributed by atoms with Crippen molar-refractivity contribution in [1.29, 1.82) is 0 Å². The van der Waals surface area contributed by atoms with Crippen molar-refractivity contribution in [1.82, 2.24) is 10.6 Å². The highest BCUT2D eigenvalue weighted by Gasteiger charge is 2.39. The van der Waals surface area contributed by atoms with E-state index in [-0.39, 0.29) is 42.0 Å². The number of carbonyl (C=O) groups is 2. The highest BCUT2D eigenvalue weighted by Crippen LogP contribution is 2.32. The number of hydrogen-bond donors (Lipinski definition) is 2. The smallest absolute Gasteiger partial charge is 0.223 e. The molecular weight excluding hydrogens is 284 g/mol. The first-order chi connectivity index (χ1) is 10.6. The van der Waals surface area contributed by atoms with Gasteiger partial charge in [-0.1, -0.05) is 12.8 Å². The molecule has 1 saturated heterocycles. The molecule has 1 aliphatic heterocycles. The Morgan fingerprint density at radius 2 is 1.59 bits per heavy atom. The molecule has 6 heteroatoms. The molecule has 2 N–H and O–H groups in total. The Kier molecular flexibility index (Phi) is 4.98. The van der Waals surface area contributed by atoms with Crippen molar-refractivity contribution in [2.75, 3.05) is 6.79 Å². The van der Waals surface area contributed by atoms with Crippen LogP contribution in [0, 0.1) is 5.92 Å². The molecule has 3 aliphatic rings. The number of rotatable bonds is 3. The molecule has 0 spiro atoms. The van der Waals surface area contributed by atoms with E-state index in [4.69, 9.17) is 9.47 Å². The van der Waals surface area contributed by atoms with E-state index in [9.17, 15) is 9.59 Å². The van der Waals surface area contributed by atoms with E-state index >= 15 is 0 Å².